The van der Waals surface area contributed by atoms with E-state index in [4.69, 9.17) is 0 Å². The molecule has 0 bridgehead atoms. The molecule has 8 nitrogen and oxygen atoms in total. The number of piperidine rings is 1. The van der Waals surface area contributed by atoms with Crippen molar-refractivity contribution >= 4 is 23.1 Å². The van der Waals surface area contributed by atoms with Crippen molar-refractivity contribution in [1.82, 2.24) is 10.2 Å². The van der Waals surface area contributed by atoms with Crippen LogP contribution in [-0.4, -0.2) is 34.1 Å². The minimum atomic E-state index is -0.474. The van der Waals surface area contributed by atoms with Gasteiger partial charge in [0.2, 0.25) is 5.91 Å². The molecule has 2 heterocycles. The summed E-state index contributed by atoms with van der Waals surface area (Å²) in [7, 11) is 0. The number of benzene rings is 2. The van der Waals surface area contributed by atoms with Crippen LogP contribution in [0.4, 0.5) is 17.2 Å². The lowest BCUT2D eigenvalue weighted by molar-refractivity contribution is -0.384. The van der Waals surface area contributed by atoms with E-state index in [1.54, 1.807) is 12.1 Å². The molecule has 1 aromatic heterocycles. The lowest BCUT2D eigenvalue weighted by atomic mass is 9.95. The maximum Gasteiger partial charge on any atom is 0.271 e. The number of hydrogen-bond acceptors (Lipinski definition) is 6. The highest BCUT2D eigenvalue weighted by Gasteiger charge is 2.26. The Morgan fingerprint density at radius 1 is 1.00 bits per heavy atom. The minimum Gasteiger partial charge on any atom is -0.355 e. The van der Waals surface area contributed by atoms with Crippen molar-refractivity contribution in [3.8, 4) is 11.3 Å². The van der Waals surface area contributed by atoms with E-state index in [0.29, 0.717) is 31.6 Å². The van der Waals surface area contributed by atoms with Crippen LogP contribution in [0.15, 0.2) is 66.7 Å². The SMILES string of the molecule is O=C(Nc1cccc([N+](=O)[O-])c1)C1CCN(c2ccc(-c3ccccc3)nn2)CC1. The smallest absolute Gasteiger partial charge is 0.271 e. The average molecular weight is 403 g/mol. The van der Waals surface area contributed by atoms with Crippen molar-refractivity contribution in [2.45, 2.75) is 12.8 Å². The molecule has 1 fully saturated rings. The number of carbonyl (C=O) groups is 1. The molecule has 152 valence electrons. The zero-order valence-electron chi connectivity index (χ0n) is 16.3. The van der Waals surface area contributed by atoms with Crippen molar-refractivity contribution in [3.05, 3.63) is 76.8 Å². The second kappa shape index (κ2) is 8.69. The molecule has 1 aliphatic heterocycles. The molecule has 1 aliphatic rings. The number of nitrogens with one attached hydrogen (secondary N) is 1. The van der Waals surface area contributed by atoms with E-state index in [1.807, 2.05) is 42.5 Å². The van der Waals surface area contributed by atoms with Crippen molar-refractivity contribution in [1.29, 1.82) is 0 Å². The Kier molecular flexibility index (Phi) is 5.65. The van der Waals surface area contributed by atoms with Gasteiger partial charge in [-0.2, -0.15) is 0 Å². The summed E-state index contributed by atoms with van der Waals surface area (Å²) < 4.78 is 0. The highest BCUT2D eigenvalue weighted by molar-refractivity contribution is 5.93. The Labute approximate surface area is 173 Å². The van der Waals surface area contributed by atoms with Crippen LogP contribution in [0.5, 0.6) is 0 Å². The van der Waals surface area contributed by atoms with Crippen LogP contribution >= 0.6 is 0 Å². The van der Waals surface area contributed by atoms with Gasteiger partial charge in [-0.1, -0.05) is 36.4 Å². The normalized spacial score (nSPS) is 14.3. The van der Waals surface area contributed by atoms with Gasteiger partial charge in [0, 0.05) is 42.4 Å². The fourth-order valence-corrected chi connectivity index (χ4v) is 3.57. The molecule has 30 heavy (non-hydrogen) atoms. The van der Waals surface area contributed by atoms with Gasteiger partial charge in [0.05, 0.1) is 10.6 Å². The minimum absolute atomic E-state index is 0.0415. The van der Waals surface area contributed by atoms with Crippen LogP contribution in [0.25, 0.3) is 11.3 Å². The molecule has 0 atom stereocenters. The fraction of sp³-hybridized carbons (Fsp3) is 0.227. The molecule has 0 saturated carbocycles. The van der Waals surface area contributed by atoms with Gasteiger partial charge in [0.15, 0.2) is 5.82 Å². The van der Waals surface area contributed by atoms with Crippen molar-refractivity contribution in [2.24, 2.45) is 5.92 Å². The van der Waals surface area contributed by atoms with Crippen LogP contribution in [0.3, 0.4) is 0 Å². The van der Waals surface area contributed by atoms with Crippen LogP contribution in [0, 0.1) is 16.0 Å². The summed E-state index contributed by atoms with van der Waals surface area (Å²) in [4.78, 5) is 25.1. The second-order valence-corrected chi connectivity index (χ2v) is 7.20. The van der Waals surface area contributed by atoms with Crippen LogP contribution in [0.2, 0.25) is 0 Å². The average Bonchev–Trinajstić information content (AvgIpc) is 2.80. The van der Waals surface area contributed by atoms with E-state index in [-0.39, 0.29) is 17.5 Å². The Morgan fingerprint density at radius 3 is 2.43 bits per heavy atom. The topological polar surface area (TPSA) is 101 Å². The third-order valence-electron chi connectivity index (χ3n) is 5.23. The van der Waals surface area contributed by atoms with E-state index >= 15 is 0 Å². The first-order chi connectivity index (χ1) is 14.6. The summed E-state index contributed by atoms with van der Waals surface area (Å²) in [6.45, 7) is 1.40. The number of non-ortho nitro benzene ring substituents is 1. The van der Waals surface area contributed by atoms with E-state index in [0.717, 1.165) is 17.1 Å². The first-order valence-electron chi connectivity index (χ1n) is 9.79. The molecular weight excluding hydrogens is 382 g/mol. The molecule has 0 radical (unpaired) electrons. The summed E-state index contributed by atoms with van der Waals surface area (Å²) >= 11 is 0. The zero-order chi connectivity index (χ0) is 20.9. The molecule has 2 aromatic carbocycles. The third kappa shape index (κ3) is 4.43. The predicted octanol–water partition coefficient (Wildman–Crippen LogP) is 3.91. The largest absolute Gasteiger partial charge is 0.355 e. The number of rotatable bonds is 5. The highest BCUT2D eigenvalue weighted by atomic mass is 16.6. The van der Waals surface area contributed by atoms with Gasteiger partial charge in [-0.25, -0.2) is 0 Å². The quantitative estimate of drug-likeness (QED) is 0.512. The Bertz CT molecular complexity index is 1030. The van der Waals surface area contributed by atoms with Crippen LogP contribution in [-0.2, 0) is 4.79 Å². The number of anilines is 2. The number of carbonyl (C=O) groups excluding carboxylic acids is 1. The standard InChI is InChI=1S/C22H21N5O3/c28-22(23-18-7-4-8-19(15-18)27(29)30)17-11-13-26(14-12-17)21-10-9-20(24-25-21)16-5-2-1-3-6-16/h1-10,15,17H,11-14H2,(H,23,28). The van der Waals surface area contributed by atoms with Gasteiger partial charge >= 0.3 is 0 Å². The maximum atomic E-state index is 12.6. The fourth-order valence-electron chi connectivity index (χ4n) is 3.57. The van der Waals surface area contributed by atoms with Crippen molar-refractivity contribution in [3.63, 3.8) is 0 Å². The van der Waals surface area contributed by atoms with E-state index in [1.165, 1.54) is 12.1 Å². The molecule has 0 aliphatic carbocycles. The third-order valence-corrected chi connectivity index (χ3v) is 5.23. The monoisotopic (exact) mass is 403 g/mol. The number of nitro groups is 1. The van der Waals surface area contributed by atoms with Crippen LogP contribution < -0.4 is 10.2 Å². The summed E-state index contributed by atoms with van der Waals surface area (Å²) in [5, 5.41) is 22.4. The zero-order valence-corrected chi connectivity index (χ0v) is 16.3. The summed E-state index contributed by atoms with van der Waals surface area (Å²) in [5.41, 5.74) is 2.25. The number of nitro benzene ring substituents is 1. The second-order valence-electron chi connectivity index (χ2n) is 7.20. The van der Waals surface area contributed by atoms with E-state index < -0.39 is 4.92 Å². The number of amides is 1. The van der Waals surface area contributed by atoms with E-state index in [2.05, 4.69) is 20.4 Å². The molecule has 0 spiro atoms. The van der Waals surface area contributed by atoms with Crippen LogP contribution in [0.1, 0.15) is 12.8 Å². The van der Waals surface area contributed by atoms with Gasteiger partial charge < -0.3 is 10.2 Å². The van der Waals surface area contributed by atoms with Gasteiger partial charge in [-0.15, -0.1) is 10.2 Å². The molecule has 1 saturated heterocycles. The van der Waals surface area contributed by atoms with Crippen molar-refractivity contribution in [2.75, 3.05) is 23.3 Å². The molecule has 0 unspecified atom stereocenters. The van der Waals surface area contributed by atoms with E-state index in [9.17, 15) is 14.9 Å². The maximum absolute atomic E-state index is 12.6. The van der Waals surface area contributed by atoms with Gasteiger partial charge in [0.1, 0.15) is 0 Å². The number of hydrogen-bond donors (Lipinski definition) is 1. The molecule has 1 amide bonds. The lowest BCUT2D eigenvalue weighted by Crippen LogP contribution is -2.38. The molecule has 4 rings (SSSR count). The van der Waals surface area contributed by atoms with Gasteiger partial charge in [0.25, 0.3) is 5.69 Å². The molecular formula is C22H21N5O3. The van der Waals surface area contributed by atoms with Gasteiger partial charge in [-0.3, -0.25) is 14.9 Å². The Hall–Kier alpha value is -3.81. The number of aromatic nitrogens is 2. The van der Waals surface area contributed by atoms with Crippen molar-refractivity contribution < 1.29 is 9.72 Å². The summed E-state index contributed by atoms with van der Waals surface area (Å²) in [5.74, 6) is 0.546. The van der Waals surface area contributed by atoms with Gasteiger partial charge in [-0.05, 0) is 31.0 Å². The molecule has 1 N–H and O–H groups in total. The Morgan fingerprint density at radius 2 is 1.77 bits per heavy atom. The number of nitrogens with zero attached hydrogens (tertiary/aromatic N) is 4. The predicted molar refractivity (Wildman–Crippen MR) is 114 cm³/mol. The first kappa shape index (κ1) is 19.5. The molecule has 8 heteroatoms. The summed E-state index contributed by atoms with van der Waals surface area (Å²) in [6, 6.07) is 19.8. The lowest BCUT2D eigenvalue weighted by Gasteiger charge is -2.31. The highest BCUT2D eigenvalue weighted by Crippen LogP contribution is 2.25. The Balaban J connectivity index is 1.34. The first-order valence-corrected chi connectivity index (χ1v) is 9.79. The summed E-state index contributed by atoms with van der Waals surface area (Å²) in [6.07, 6.45) is 1.37. The molecule has 3 aromatic rings.